The molecule has 1 saturated carbocycles. The van der Waals surface area contributed by atoms with Crippen molar-refractivity contribution < 1.29 is 4.39 Å². The third-order valence-electron chi connectivity index (χ3n) is 3.67. The van der Waals surface area contributed by atoms with Gasteiger partial charge >= 0.3 is 0 Å². The summed E-state index contributed by atoms with van der Waals surface area (Å²) >= 11 is 2.07. The minimum atomic E-state index is -0.159. The zero-order valence-corrected chi connectivity index (χ0v) is 11.8. The van der Waals surface area contributed by atoms with Crippen LogP contribution in [-0.2, 0) is 0 Å². The van der Waals surface area contributed by atoms with Crippen molar-refractivity contribution in [2.24, 2.45) is 0 Å². The van der Waals surface area contributed by atoms with E-state index in [1.54, 1.807) is 12.1 Å². The Bertz CT molecular complexity index is 346. The molecule has 1 nitrogen and oxygen atoms in total. The molecule has 1 unspecified atom stereocenters. The molecule has 0 radical (unpaired) electrons. The van der Waals surface area contributed by atoms with Crippen molar-refractivity contribution in [3.05, 3.63) is 35.6 Å². The van der Waals surface area contributed by atoms with Crippen LogP contribution in [-0.4, -0.2) is 18.1 Å². The van der Waals surface area contributed by atoms with E-state index in [9.17, 15) is 4.39 Å². The lowest BCUT2D eigenvalue weighted by atomic mass is 10.0. The molecular formula is C15H22FNS. The molecule has 0 aromatic heterocycles. The lowest BCUT2D eigenvalue weighted by Gasteiger charge is -2.24. The van der Waals surface area contributed by atoms with Crippen LogP contribution in [0.3, 0.4) is 0 Å². The van der Waals surface area contributed by atoms with Crippen LogP contribution in [0.2, 0.25) is 0 Å². The molecule has 0 bridgehead atoms. The maximum absolute atomic E-state index is 12.9. The van der Waals surface area contributed by atoms with Gasteiger partial charge in [0.05, 0.1) is 0 Å². The van der Waals surface area contributed by atoms with Gasteiger partial charge < -0.3 is 5.32 Å². The van der Waals surface area contributed by atoms with Crippen LogP contribution in [0.15, 0.2) is 24.3 Å². The monoisotopic (exact) mass is 267 g/mol. The molecule has 0 spiro atoms. The fraction of sp³-hybridized carbons (Fsp3) is 0.600. The van der Waals surface area contributed by atoms with Gasteiger partial charge in [0.15, 0.2) is 0 Å². The van der Waals surface area contributed by atoms with Gasteiger partial charge in [0.2, 0.25) is 0 Å². The molecule has 1 aliphatic carbocycles. The molecule has 1 aromatic rings. The van der Waals surface area contributed by atoms with Crippen LogP contribution < -0.4 is 5.32 Å². The molecule has 2 rings (SSSR count). The van der Waals surface area contributed by atoms with E-state index < -0.39 is 0 Å². The molecule has 0 aliphatic heterocycles. The molecule has 1 fully saturated rings. The third-order valence-corrected chi connectivity index (χ3v) is 5.14. The van der Waals surface area contributed by atoms with Gasteiger partial charge in [-0.3, -0.25) is 0 Å². The van der Waals surface area contributed by atoms with Crippen molar-refractivity contribution >= 4 is 11.8 Å². The zero-order chi connectivity index (χ0) is 12.8. The summed E-state index contributed by atoms with van der Waals surface area (Å²) in [6.07, 6.45) is 6.91. The van der Waals surface area contributed by atoms with Gasteiger partial charge in [-0.05, 0) is 37.6 Å². The first-order valence-electron chi connectivity index (χ1n) is 6.84. The Morgan fingerprint density at radius 1 is 1.22 bits per heavy atom. The molecule has 3 heteroatoms. The lowest BCUT2D eigenvalue weighted by Crippen LogP contribution is -2.21. The van der Waals surface area contributed by atoms with Gasteiger partial charge in [-0.1, -0.05) is 31.4 Å². The van der Waals surface area contributed by atoms with Crippen molar-refractivity contribution in [1.29, 1.82) is 0 Å². The van der Waals surface area contributed by atoms with Gasteiger partial charge in [0, 0.05) is 17.0 Å². The quantitative estimate of drug-likeness (QED) is 0.860. The summed E-state index contributed by atoms with van der Waals surface area (Å²) in [5.41, 5.74) is 1.18. The standard InChI is InChI=1S/C15H22FNS/c1-17-15(12-7-9-13(16)10-8-12)11-18-14-5-3-2-4-6-14/h7-10,14-15,17H,2-6,11H2,1H3. The Hall–Kier alpha value is -0.540. The summed E-state index contributed by atoms with van der Waals surface area (Å²) in [6.45, 7) is 0. The average Bonchev–Trinajstić information content (AvgIpc) is 2.42. The first-order valence-corrected chi connectivity index (χ1v) is 7.89. The first kappa shape index (κ1) is 13.9. The summed E-state index contributed by atoms with van der Waals surface area (Å²) in [6, 6.07) is 7.20. The van der Waals surface area contributed by atoms with E-state index in [0.717, 1.165) is 11.0 Å². The molecule has 18 heavy (non-hydrogen) atoms. The van der Waals surface area contributed by atoms with Crippen LogP contribution in [0.5, 0.6) is 0 Å². The summed E-state index contributed by atoms with van der Waals surface area (Å²) in [5, 5.41) is 4.16. The number of nitrogens with one attached hydrogen (secondary N) is 1. The van der Waals surface area contributed by atoms with E-state index in [4.69, 9.17) is 0 Å². The van der Waals surface area contributed by atoms with Crippen molar-refractivity contribution in [3.63, 3.8) is 0 Å². The number of thioether (sulfide) groups is 1. The minimum Gasteiger partial charge on any atom is -0.312 e. The topological polar surface area (TPSA) is 12.0 Å². The minimum absolute atomic E-state index is 0.159. The molecule has 0 saturated heterocycles. The number of hydrogen-bond acceptors (Lipinski definition) is 2. The van der Waals surface area contributed by atoms with Gasteiger partial charge in [-0.15, -0.1) is 0 Å². The second-order valence-corrected chi connectivity index (χ2v) is 6.32. The van der Waals surface area contributed by atoms with Crippen molar-refractivity contribution in [2.45, 2.75) is 43.4 Å². The molecule has 1 aromatic carbocycles. The normalized spacial score (nSPS) is 18.8. The smallest absolute Gasteiger partial charge is 0.123 e. The summed E-state index contributed by atoms with van der Waals surface area (Å²) in [5.74, 6) is 0.917. The highest BCUT2D eigenvalue weighted by Crippen LogP contribution is 2.30. The Balaban J connectivity index is 1.86. The van der Waals surface area contributed by atoms with E-state index in [0.29, 0.717) is 6.04 Å². The molecule has 1 aliphatic rings. The predicted molar refractivity (Wildman–Crippen MR) is 77.5 cm³/mol. The van der Waals surface area contributed by atoms with Crippen LogP contribution in [0.25, 0.3) is 0 Å². The summed E-state index contributed by atoms with van der Waals surface area (Å²) in [7, 11) is 1.98. The highest BCUT2D eigenvalue weighted by Gasteiger charge is 2.16. The van der Waals surface area contributed by atoms with Crippen LogP contribution in [0.1, 0.15) is 43.7 Å². The van der Waals surface area contributed by atoms with E-state index in [2.05, 4.69) is 17.1 Å². The molecule has 100 valence electrons. The lowest BCUT2D eigenvalue weighted by molar-refractivity contribution is 0.514. The largest absolute Gasteiger partial charge is 0.312 e. The van der Waals surface area contributed by atoms with Gasteiger partial charge in [0.25, 0.3) is 0 Å². The van der Waals surface area contributed by atoms with Gasteiger partial charge in [-0.25, -0.2) is 4.39 Å². The highest BCUT2D eigenvalue weighted by atomic mass is 32.2. The molecule has 0 amide bonds. The van der Waals surface area contributed by atoms with Crippen LogP contribution in [0.4, 0.5) is 4.39 Å². The van der Waals surface area contributed by atoms with E-state index in [-0.39, 0.29) is 5.82 Å². The van der Waals surface area contributed by atoms with Crippen molar-refractivity contribution in [2.75, 3.05) is 12.8 Å². The average molecular weight is 267 g/mol. The van der Waals surface area contributed by atoms with Crippen LogP contribution >= 0.6 is 11.8 Å². The molecule has 1 N–H and O–H groups in total. The Kier molecular flexibility index (Phi) is 5.51. The summed E-state index contributed by atoms with van der Waals surface area (Å²) in [4.78, 5) is 0. The Morgan fingerprint density at radius 3 is 2.50 bits per heavy atom. The second kappa shape index (κ2) is 7.15. The van der Waals surface area contributed by atoms with Gasteiger partial charge in [0.1, 0.15) is 5.82 Å². The SMILES string of the molecule is CNC(CSC1CCCCC1)c1ccc(F)cc1. The highest BCUT2D eigenvalue weighted by molar-refractivity contribution is 7.99. The summed E-state index contributed by atoms with van der Waals surface area (Å²) < 4.78 is 12.9. The Labute approximate surface area is 114 Å². The maximum Gasteiger partial charge on any atom is 0.123 e. The molecule has 0 heterocycles. The van der Waals surface area contributed by atoms with Crippen molar-refractivity contribution in [3.8, 4) is 0 Å². The van der Waals surface area contributed by atoms with E-state index in [1.807, 2.05) is 19.2 Å². The van der Waals surface area contributed by atoms with Crippen LogP contribution in [0, 0.1) is 5.82 Å². The fourth-order valence-electron chi connectivity index (χ4n) is 2.51. The predicted octanol–water partition coefficient (Wildman–Crippen LogP) is 4.15. The molecule has 1 atom stereocenters. The number of rotatable bonds is 5. The number of benzene rings is 1. The van der Waals surface area contributed by atoms with E-state index in [1.165, 1.54) is 37.7 Å². The third kappa shape index (κ3) is 3.99. The van der Waals surface area contributed by atoms with Gasteiger partial charge in [-0.2, -0.15) is 11.8 Å². The zero-order valence-electron chi connectivity index (χ0n) is 11.0. The number of halogens is 1. The Morgan fingerprint density at radius 2 is 1.89 bits per heavy atom. The first-order chi connectivity index (χ1) is 8.79. The second-order valence-electron chi connectivity index (χ2n) is 4.99. The fourth-order valence-corrected chi connectivity index (χ4v) is 4.00. The van der Waals surface area contributed by atoms with Crippen molar-refractivity contribution in [1.82, 2.24) is 5.32 Å². The molecular weight excluding hydrogens is 245 g/mol. The number of hydrogen-bond donors (Lipinski definition) is 1. The maximum atomic E-state index is 12.9. The van der Waals surface area contributed by atoms with E-state index >= 15 is 0 Å².